The Kier molecular flexibility index (Phi) is 36.9. The monoisotopic (exact) mass is 835 g/mol. The van der Waals surface area contributed by atoms with Crippen molar-refractivity contribution in [1.29, 1.82) is 0 Å². The summed E-state index contributed by atoms with van der Waals surface area (Å²) in [7, 11) is 0. The zero-order valence-corrected chi connectivity index (χ0v) is 37.2. The fourth-order valence-corrected chi connectivity index (χ4v) is 6.89. The molecule has 1 fully saturated rings. The first-order chi connectivity index (χ1) is 28.8. The number of hydrogen-bond donors (Lipinski definition) is 4. The number of esters is 2. The molecule has 2 unspecified atom stereocenters. The number of allylic oxidation sites excluding steroid dienone is 8. The lowest BCUT2D eigenvalue weighted by Gasteiger charge is -2.39. The van der Waals surface area contributed by atoms with Gasteiger partial charge in [0.05, 0.1) is 13.2 Å². The van der Waals surface area contributed by atoms with E-state index in [1.54, 1.807) is 0 Å². The second kappa shape index (κ2) is 39.8. The third-order valence-electron chi connectivity index (χ3n) is 10.7. The quantitative estimate of drug-likeness (QED) is 0.0267. The zero-order valence-electron chi connectivity index (χ0n) is 37.2. The molecule has 0 aromatic carbocycles. The van der Waals surface area contributed by atoms with Crippen molar-refractivity contribution < 1.29 is 49.0 Å². The molecule has 4 N–H and O–H groups in total. The Bertz CT molecular complexity index is 1100. The van der Waals surface area contributed by atoms with Crippen LogP contribution in [-0.2, 0) is 28.5 Å². The molecule has 342 valence electrons. The van der Waals surface area contributed by atoms with E-state index in [4.69, 9.17) is 18.9 Å². The van der Waals surface area contributed by atoms with Crippen LogP contribution in [-0.4, -0.2) is 89.0 Å². The number of hydrogen-bond acceptors (Lipinski definition) is 10. The maximum absolute atomic E-state index is 12.8. The topological polar surface area (TPSA) is 152 Å². The Hall–Kier alpha value is -2.34. The molecule has 0 aromatic heterocycles. The van der Waals surface area contributed by atoms with Gasteiger partial charge in [0.1, 0.15) is 31.0 Å². The van der Waals surface area contributed by atoms with Gasteiger partial charge in [-0.3, -0.25) is 9.59 Å². The van der Waals surface area contributed by atoms with Gasteiger partial charge < -0.3 is 39.4 Å². The van der Waals surface area contributed by atoms with E-state index < -0.39 is 49.4 Å². The Balaban J connectivity index is 2.33. The molecular formula is C49H86O10. The summed E-state index contributed by atoms with van der Waals surface area (Å²) in [6.45, 7) is 3.36. The SMILES string of the molecule is CCCCC/C=C/C/C=C/C/C=C/CCCCCCC(=O)O[C@@H](COC(=O)CCCCCCCCCCC/C=C/CCCCCC)CO[C@H]1O[C@@H](CO)[C@@H](O)C(O)C1O. The van der Waals surface area contributed by atoms with Crippen LogP contribution in [0.4, 0.5) is 0 Å². The van der Waals surface area contributed by atoms with E-state index >= 15 is 0 Å². The Morgan fingerprint density at radius 3 is 1.47 bits per heavy atom. The van der Waals surface area contributed by atoms with Crippen molar-refractivity contribution in [2.45, 2.75) is 230 Å². The number of aliphatic hydroxyl groups is 4. The first-order valence-corrected chi connectivity index (χ1v) is 23.7. The summed E-state index contributed by atoms with van der Waals surface area (Å²) in [5.74, 6) is -0.833. The molecule has 59 heavy (non-hydrogen) atoms. The average molecular weight is 835 g/mol. The summed E-state index contributed by atoms with van der Waals surface area (Å²) in [6, 6.07) is 0. The molecule has 0 spiro atoms. The molecule has 1 saturated heterocycles. The third kappa shape index (κ3) is 31.2. The van der Waals surface area contributed by atoms with Crippen molar-refractivity contribution in [1.82, 2.24) is 0 Å². The van der Waals surface area contributed by atoms with E-state index in [2.05, 4.69) is 62.5 Å². The van der Waals surface area contributed by atoms with E-state index in [0.717, 1.165) is 64.2 Å². The third-order valence-corrected chi connectivity index (χ3v) is 10.7. The highest BCUT2D eigenvalue weighted by atomic mass is 16.7. The van der Waals surface area contributed by atoms with Gasteiger partial charge in [-0.05, 0) is 77.0 Å². The van der Waals surface area contributed by atoms with Crippen molar-refractivity contribution in [3.05, 3.63) is 48.6 Å². The molecule has 6 atom stereocenters. The second-order valence-electron chi connectivity index (χ2n) is 16.2. The lowest BCUT2D eigenvalue weighted by molar-refractivity contribution is -0.305. The van der Waals surface area contributed by atoms with Crippen LogP contribution in [0.2, 0.25) is 0 Å². The molecule has 1 rings (SSSR count). The maximum Gasteiger partial charge on any atom is 0.306 e. The van der Waals surface area contributed by atoms with Gasteiger partial charge in [-0.2, -0.15) is 0 Å². The predicted octanol–water partition coefficient (Wildman–Crippen LogP) is 10.4. The summed E-state index contributed by atoms with van der Waals surface area (Å²) >= 11 is 0. The van der Waals surface area contributed by atoms with Crippen molar-refractivity contribution in [3.63, 3.8) is 0 Å². The Morgan fingerprint density at radius 2 is 0.949 bits per heavy atom. The van der Waals surface area contributed by atoms with Crippen LogP contribution in [0.15, 0.2) is 48.6 Å². The summed E-state index contributed by atoms with van der Waals surface area (Å²) in [5.41, 5.74) is 0. The molecule has 0 aromatic rings. The van der Waals surface area contributed by atoms with Gasteiger partial charge in [0.15, 0.2) is 12.4 Å². The number of carbonyl (C=O) groups excluding carboxylic acids is 2. The van der Waals surface area contributed by atoms with Crippen molar-refractivity contribution in [2.24, 2.45) is 0 Å². The van der Waals surface area contributed by atoms with Crippen molar-refractivity contribution >= 4 is 11.9 Å². The number of aliphatic hydroxyl groups excluding tert-OH is 4. The fraction of sp³-hybridized carbons (Fsp3) is 0.796. The van der Waals surface area contributed by atoms with Crippen LogP contribution < -0.4 is 0 Å². The number of ether oxygens (including phenoxy) is 4. The Morgan fingerprint density at radius 1 is 0.525 bits per heavy atom. The highest BCUT2D eigenvalue weighted by molar-refractivity contribution is 5.70. The van der Waals surface area contributed by atoms with Crippen LogP contribution >= 0.6 is 0 Å². The van der Waals surface area contributed by atoms with Crippen LogP contribution in [0.1, 0.15) is 194 Å². The molecular weight excluding hydrogens is 749 g/mol. The summed E-state index contributed by atoms with van der Waals surface area (Å²) in [6.07, 6.45) is 39.6. The van der Waals surface area contributed by atoms with E-state index in [9.17, 15) is 30.0 Å². The van der Waals surface area contributed by atoms with Gasteiger partial charge in [-0.15, -0.1) is 0 Å². The van der Waals surface area contributed by atoms with Crippen molar-refractivity contribution in [3.8, 4) is 0 Å². The van der Waals surface area contributed by atoms with E-state index in [0.29, 0.717) is 6.42 Å². The first kappa shape index (κ1) is 54.7. The standard InChI is InChI=1S/C49H86O10/c1-3-5-7-9-11-13-15-17-19-21-23-25-27-29-31-33-35-37-44(51)56-40-42(41-57-49-48(55)47(54)46(53)43(39-50)59-49)58-45(52)38-36-34-32-30-28-26-24-22-20-18-16-14-12-10-8-6-4-2/h12-15,18,20,24,26,42-43,46-50,53-55H,3-11,16-17,19,21-23,25,27-41H2,1-2H3/b14-12+,15-13+,20-18+,26-24+/t42-,43-,46+,47?,48?,49-/m0/s1. The molecule has 1 aliphatic heterocycles. The normalized spacial score (nSPS) is 20.4. The lowest BCUT2D eigenvalue weighted by Crippen LogP contribution is -2.59. The van der Waals surface area contributed by atoms with Gasteiger partial charge in [0.25, 0.3) is 0 Å². The zero-order chi connectivity index (χ0) is 43.0. The number of rotatable bonds is 39. The van der Waals surface area contributed by atoms with E-state index in [-0.39, 0.29) is 32.0 Å². The molecule has 0 radical (unpaired) electrons. The smallest absolute Gasteiger partial charge is 0.306 e. The minimum atomic E-state index is -1.60. The molecule has 0 bridgehead atoms. The summed E-state index contributed by atoms with van der Waals surface area (Å²) in [5, 5.41) is 40.1. The fourth-order valence-electron chi connectivity index (χ4n) is 6.89. The van der Waals surface area contributed by atoms with Gasteiger partial charge >= 0.3 is 11.9 Å². The largest absolute Gasteiger partial charge is 0.462 e. The van der Waals surface area contributed by atoms with Gasteiger partial charge in [-0.1, -0.05) is 152 Å². The van der Waals surface area contributed by atoms with Crippen LogP contribution in [0.25, 0.3) is 0 Å². The van der Waals surface area contributed by atoms with Crippen molar-refractivity contribution in [2.75, 3.05) is 19.8 Å². The van der Waals surface area contributed by atoms with Gasteiger partial charge in [-0.25, -0.2) is 0 Å². The van der Waals surface area contributed by atoms with Gasteiger partial charge in [0.2, 0.25) is 0 Å². The minimum Gasteiger partial charge on any atom is -0.462 e. The first-order valence-electron chi connectivity index (χ1n) is 23.7. The van der Waals surface area contributed by atoms with E-state index in [1.807, 2.05) is 0 Å². The molecule has 0 aliphatic carbocycles. The maximum atomic E-state index is 12.8. The highest BCUT2D eigenvalue weighted by Crippen LogP contribution is 2.22. The lowest BCUT2D eigenvalue weighted by atomic mass is 9.99. The number of unbranched alkanes of at least 4 members (excludes halogenated alkanes) is 20. The molecule has 0 saturated carbocycles. The molecule has 10 nitrogen and oxygen atoms in total. The minimum absolute atomic E-state index is 0.203. The van der Waals surface area contributed by atoms with Crippen LogP contribution in [0, 0.1) is 0 Å². The highest BCUT2D eigenvalue weighted by Gasteiger charge is 2.44. The second-order valence-corrected chi connectivity index (χ2v) is 16.2. The summed E-state index contributed by atoms with van der Waals surface area (Å²) < 4.78 is 22.2. The molecule has 1 heterocycles. The summed E-state index contributed by atoms with van der Waals surface area (Å²) in [4.78, 5) is 25.4. The number of carbonyl (C=O) groups is 2. The molecule has 1 aliphatic rings. The van der Waals surface area contributed by atoms with Crippen LogP contribution in [0.3, 0.4) is 0 Å². The van der Waals surface area contributed by atoms with Gasteiger partial charge in [0, 0.05) is 12.8 Å². The van der Waals surface area contributed by atoms with E-state index in [1.165, 1.54) is 96.3 Å². The molecule has 0 amide bonds. The molecule has 10 heteroatoms. The average Bonchev–Trinajstić information content (AvgIpc) is 3.23. The Labute approximate surface area is 358 Å². The predicted molar refractivity (Wildman–Crippen MR) is 238 cm³/mol. The van der Waals surface area contributed by atoms with Crippen LogP contribution in [0.5, 0.6) is 0 Å².